The van der Waals surface area contributed by atoms with Crippen molar-refractivity contribution in [3.63, 3.8) is 0 Å². The number of methoxy groups -OCH3 is 1. The largest absolute Gasteiger partial charge is 0.506 e. The minimum absolute atomic E-state index is 0.117. The van der Waals surface area contributed by atoms with Crippen molar-refractivity contribution in [2.24, 2.45) is 0 Å². The van der Waals surface area contributed by atoms with E-state index in [1.807, 2.05) is 30.3 Å². The molecule has 5 aromatic rings. The van der Waals surface area contributed by atoms with E-state index in [9.17, 15) is 9.90 Å². The molecule has 7 heteroatoms. The molecule has 6 nitrogen and oxygen atoms in total. The quantitative estimate of drug-likeness (QED) is 0.388. The SMILES string of the molecule is COc1ccc(-c2nc3sc4c(O)cccc4c3c(=O)n2Cc2cccnc2)c(C2CC2)c1. The summed E-state index contributed by atoms with van der Waals surface area (Å²) < 4.78 is 7.89. The van der Waals surface area contributed by atoms with Crippen LogP contribution in [0.4, 0.5) is 0 Å². The number of hydrogen-bond acceptors (Lipinski definition) is 6. The Morgan fingerprint density at radius 3 is 2.82 bits per heavy atom. The fourth-order valence-corrected chi connectivity index (χ4v) is 5.47. The molecule has 0 aliphatic heterocycles. The maximum absolute atomic E-state index is 13.9. The third-order valence-corrected chi connectivity index (χ3v) is 7.30. The summed E-state index contributed by atoms with van der Waals surface area (Å²) in [6.45, 7) is 0.358. The minimum Gasteiger partial charge on any atom is -0.506 e. The van der Waals surface area contributed by atoms with Crippen molar-refractivity contribution in [1.82, 2.24) is 14.5 Å². The van der Waals surface area contributed by atoms with Crippen LogP contribution in [0.15, 0.2) is 65.7 Å². The number of hydrogen-bond donors (Lipinski definition) is 1. The van der Waals surface area contributed by atoms with Crippen molar-refractivity contribution in [2.75, 3.05) is 7.11 Å². The van der Waals surface area contributed by atoms with Gasteiger partial charge in [-0.05, 0) is 60.2 Å². The number of nitrogens with zero attached hydrogens (tertiary/aromatic N) is 3. The van der Waals surface area contributed by atoms with Gasteiger partial charge in [0.1, 0.15) is 22.2 Å². The maximum atomic E-state index is 13.9. The average molecular weight is 456 g/mol. The van der Waals surface area contributed by atoms with E-state index in [4.69, 9.17) is 9.72 Å². The molecule has 0 amide bonds. The highest BCUT2D eigenvalue weighted by molar-refractivity contribution is 7.25. The molecule has 3 aromatic heterocycles. The molecule has 0 bridgehead atoms. The highest BCUT2D eigenvalue weighted by atomic mass is 32.1. The maximum Gasteiger partial charge on any atom is 0.263 e. The number of phenolic OH excluding ortho intramolecular Hbond substituents is 1. The van der Waals surface area contributed by atoms with E-state index < -0.39 is 0 Å². The van der Waals surface area contributed by atoms with Gasteiger partial charge in [0.15, 0.2) is 0 Å². The van der Waals surface area contributed by atoms with Gasteiger partial charge in [0.2, 0.25) is 0 Å². The molecule has 0 radical (unpaired) electrons. The van der Waals surface area contributed by atoms with Crippen LogP contribution < -0.4 is 10.3 Å². The Morgan fingerprint density at radius 1 is 1.18 bits per heavy atom. The minimum atomic E-state index is -0.117. The molecule has 0 saturated heterocycles. The van der Waals surface area contributed by atoms with Gasteiger partial charge in [-0.3, -0.25) is 14.3 Å². The van der Waals surface area contributed by atoms with Gasteiger partial charge in [0.25, 0.3) is 5.56 Å². The van der Waals surface area contributed by atoms with Gasteiger partial charge in [-0.1, -0.05) is 18.2 Å². The van der Waals surface area contributed by atoms with Gasteiger partial charge in [0, 0.05) is 23.3 Å². The number of benzene rings is 2. The zero-order chi connectivity index (χ0) is 22.5. The summed E-state index contributed by atoms with van der Waals surface area (Å²) in [5.74, 6) is 2.04. The third-order valence-electron chi connectivity index (χ3n) is 6.18. The highest BCUT2D eigenvalue weighted by Gasteiger charge is 2.29. The van der Waals surface area contributed by atoms with Crippen LogP contribution in [0, 0.1) is 0 Å². The Kier molecular flexibility index (Phi) is 4.66. The van der Waals surface area contributed by atoms with Crippen LogP contribution in [-0.4, -0.2) is 26.8 Å². The lowest BCUT2D eigenvalue weighted by Gasteiger charge is -2.16. The van der Waals surface area contributed by atoms with E-state index in [0.29, 0.717) is 33.2 Å². The van der Waals surface area contributed by atoms with Crippen LogP contribution >= 0.6 is 11.3 Å². The lowest BCUT2D eigenvalue weighted by molar-refractivity contribution is 0.414. The molecule has 1 fully saturated rings. The number of rotatable bonds is 5. The molecule has 1 aliphatic rings. The molecule has 0 unspecified atom stereocenters. The molecular formula is C26H21N3O3S. The molecule has 164 valence electrons. The van der Waals surface area contributed by atoms with E-state index in [2.05, 4.69) is 11.1 Å². The summed E-state index contributed by atoms with van der Waals surface area (Å²) in [5.41, 5.74) is 2.91. The smallest absolute Gasteiger partial charge is 0.263 e. The Morgan fingerprint density at radius 2 is 2.06 bits per heavy atom. The van der Waals surface area contributed by atoms with Crippen molar-refractivity contribution in [1.29, 1.82) is 0 Å². The molecule has 1 saturated carbocycles. The van der Waals surface area contributed by atoms with Crippen LogP contribution in [-0.2, 0) is 6.54 Å². The first-order chi connectivity index (χ1) is 16.1. The Balaban J connectivity index is 1.67. The van der Waals surface area contributed by atoms with E-state index in [1.54, 1.807) is 36.2 Å². The molecule has 6 rings (SSSR count). The van der Waals surface area contributed by atoms with Crippen LogP contribution in [0.1, 0.15) is 29.9 Å². The Hall–Kier alpha value is -3.71. The van der Waals surface area contributed by atoms with E-state index >= 15 is 0 Å². The second kappa shape index (κ2) is 7.71. The average Bonchev–Trinajstić information content (AvgIpc) is 3.62. The molecule has 3 heterocycles. The summed E-state index contributed by atoms with van der Waals surface area (Å²) in [5, 5.41) is 11.7. The van der Waals surface area contributed by atoms with Gasteiger partial charge in [0.05, 0.1) is 23.7 Å². The highest BCUT2D eigenvalue weighted by Crippen LogP contribution is 2.46. The van der Waals surface area contributed by atoms with Crippen molar-refractivity contribution in [3.05, 3.63) is 82.4 Å². The lowest BCUT2D eigenvalue weighted by atomic mass is 10.0. The Labute approximate surface area is 193 Å². The van der Waals surface area contributed by atoms with Gasteiger partial charge < -0.3 is 9.84 Å². The molecule has 33 heavy (non-hydrogen) atoms. The lowest BCUT2D eigenvalue weighted by Crippen LogP contribution is -2.24. The summed E-state index contributed by atoms with van der Waals surface area (Å²) >= 11 is 1.35. The van der Waals surface area contributed by atoms with Crippen LogP contribution in [0.25, 0.3) is 31.7 Å². The molecule has 0 spiro atoms. The molecule has 1 aliphatic carbocycles. The fourth-order valence-electron chi connectivity index (χ4n) is 4.40. The van der Waals surface area contributed by atoms with Crippen molar-refractivity contribution in [3.8, 4) is 22.9 Å². The van der Waals surface area contributed by atoms with Crippen LogP contribution in [0.5, 0.6) is 11.5 Å². The van der Waals surface area contributed by atoms with Gasteiger partial charge in [-0.2, -0.15) is 0 Å². The zero-order valence-electron chi connectivity index (χ0n) is 18.0. The third kappa shape index (κ3) is 3.36. The van der Waals surface area contributed by atoms with Gasteiger partial charge in [-0.15, -0.1) is 11.3 Å². The van der Waals surface area contributed by atoms with E-state index in [0.717, 1.165) is 40.7 Å². The first-order valence-electron chi connectivity index (χ1n) is 10.9. The van der Waals surface area contributed by atoms with Crippen molar-refractivity contribution < 1.29 is 9.84 Å². The molecular weight excluding hydrogens is 434 g/mol. The molecule has 0 atom stereocenters. The van der Waals surface area contributed by atoms with Crippen LogP contribution in [0.2, 0.25) is 0 Å². The summed E-state index contributed by atoms with van der Waals surface area (Å²) in [7, 11) is 1.66. The van der Waals surface area contributed by atoms with Crippen LogP contribution in [0.3, 0.4) is 0 Å². The Bertz CT molecular complexity index is 1570. The summed E-state index contributed by atoms with van der Waals surface area (Å²) in [6.07, 6.45) is 5.73. The standard InChI is InChI=1S/C26H21N3O3S/c1-32-17-9-10-18(20(12-17)16-7-8-16)24-28-25-22(19-5-2-6-21(30)23(19)33-25)26(31)29(24)14-15-4-3-11-27-13-15/h2-6,9-13,16,30H,7-8,14H2,1H3. The van der Waals surface area contributed by atoms with Gasteiger partial charge in [-0.25, -0.2) is 4.98 Å². The number of pyridine rings is 1. The number of ether oxygens (including phenoxy) is 1. The topological polar surface area (TPSA) is 77.2 Å². The number of aromatic hydroxyl groups is 1. The zero-order valence-corrected chi connectivity index (χ0v) is 18.8. The number of phenols is 1. The van der Waals surface area contributed by atoms with E-state index in [-0.39, 0.29) is 11.3 Å². The molecule has 2 aromatic carbocycles. The van der Waals surface area contributed by atoms with Gasteiger partial charge >= 0.3 is 0 Å². The van der Waals surface area contributed by atoms with Crippen molar-refractivity contribution in [2.45, 2.75) is 25.3 Å². The second-order valence-corrected chi connectivity index (χ2v) is 9.35. The summed E-state index contributed by atoms with van der Waals surface area (Å²) in [6, 6.07) is 15.1. The summed E-state index contributed by atoms with van der Waals surface area (Å²) in [4.78, 5) is 23.8. The predicted octanol–water partition coefficient (Wildman–Crippen LogP) is 5.31. The first kappa shape index (κ1) is 19.9. The predicted molar refractivity (Wildman–Crippen MR) is 130 cm³/mol. The number of aromatic nitrogens is 3. The normalized spacial score (nSPS) is 13.6. The number of fused-ring (bicyclic) bond motifs is 3. The first-order valence-corrected chi connectivity index (χ1v) is 11.7. The molecule has 1 N–H and O–H groups in total. The fraction of sp³-hybridized carbons (Fsp3) is 0.192. The van der Waals surface area contributed by atoms with E-state index in [1.165, 1.54) is 11.3 Å². The monoisotopic (exact) mass is 455 g/mol. The number of thiophene rings is 1. The second-order valence-electron chi connectivity index (χ2n) is 8.35. The van der Waals surface area contributed by atoms with Crippen molar-refractivity contribution >= 4 is 31.6 Å².